The zero-order valence-corrected chi connectivity index (χ0v) is 9.89. The maximum atomic E-state index is 11.8. The van der Waals surface area contributed by atoms with E-state index in [1.54, 1.807) is 12.1 Å². The zero-order chi connectivity index (χ0) is 13.0. The Kier molecular flexibility index (Phi) is 3.92. The molecule has 3 N–H and O–H groups in total. The minimum Gasteiger partial charge on any atom is -0.392 e. The average molecular weight is 245 g/mol. The van der Waals surface area contributed by atoms with Crippen LogP contribution in [0.2, 0.25) is 0 Å². The predicted octanol–water partition coefficient (Wildman–Crippen LogP) is -0.103. The Morgan fingerprint density at radius 1 is 1.50 bits per heavy atom. The van der Waals surface area contributed by atoms with Gasteiger partial charge >= 0.3 is 0 Å². The van der Waals surface area contributed by atoms with Gasteiger partial charge in [0.1, 0.15) is 0 Å². The van der Waals surface area contributed by atoms with Gasteiger partial charge in [-0.2, -0.15) is 5.26 Å². The number of hydrogen-bond acceptors (Lipinski definition) is 4. The lowest BCUT2D eigenvalue weighted by molar-refractivity contribution is -0.123. The largest absolute Gasteiger partial charge is 0.392 e. The lowest BCUT2D eigenvalue weighted by Crippen LogP contribution is -2.39. The summed E-state index contributed by atoms with van der Waals surface area (Å²) in [4.78, 5) is 11.8. The molecule has 2 atom stereocenters. The second-order valence-electron chi connectivity index (χ2n) is 4.38. The fraction of sp³-hybridized carbons (Fsp3) is 0.385. The topological polar surface area (TPSA) is 85.2 Å². The third kappa shape index (κ3) is 3.06. The molecule has 94 valence electrons. The molecule has 0 radical (unpaired) electrons. The van der Waals surface area contributed by atoms with Crippen molar-refractivity contribution >= 4 is 5.91 Å². The molecule has 1 aliphatic heterocycles. The number of nitriles is 1. The molecule has 18 heavy (non-hydrogen) atoms. The van der Waals surface area contributed by atoms with Crippen LogP contribution in [0, 0.1) is 11.3 Å². The first-order valence-corrected chi connectivity index (χ1v) is 5.87. The van der Waals surface area contributed by atoms with Crippen LogP contribution in [0.1, 0.15) is 17.5 Å². The standard InChI is InChI=1S/C13H15N3O2/c14-6-9-1-3-10(4-2-9)7-16-13(18)12-5-11(17)8-15-12/h1-4,11-12,15,17H,5,7-8H2,(H,16,18)/t11-,12+/m1/s1. The summed E-state index contributed by atoms with van der Waals surface area (Å²) in [5, 5.41) is 23.7. The third-order valence-corrected chi connectivity index (χ3v) is 2.97. The Balaban J connectivity index is 1.84. The molecule has 0 unspecified atom stereocenters. The third-order valence-electron chi connectivity index (χ3n) is 2.97. The molecule has 5 heteroatoms. The van der Waals surface area contributed by atoms with Crippen molar-refractivity contribution in [3.05, 3.63) is 35.4 Å². The van der Waals surface area contributed by atoms with Gasteiger partial charge in [0.05, 0.1) is 23.8 Å². The number of amides is 1. The molecule has 0 saturated carbocycles. The normalized spacial score (nSPS) is 22.4. The molecule has 0 bridgehead atoms. The Bertz CT molecular complexity index is 464. The van der Waals surface area contributed by atoms with E-state index in [9.17, 15) is 9.90 Å². The van der Waals surface area contributed by atoms with Crippen LogP contribution in [-0.2, 0) is 11.3 Å². The molecular weight excluding hydrogens is 230 g/mol. The molecule has 1 amide bonds. The van der Waals surface area contributed by atoms with Gasteiger partial charge in [-0.3, -0.25) is 4.79 Å². The molecule has 0 spiro atoms. The smallest absolute Gasteiger partial charge is 0.237 e. The van der Waals surface area contributed by atoms with Crippen LogP contribution in [0.15, 0.2) is 24.3 Å². The summed E-state index contributed by atoms with van der Waals surface area (Å²) in [6.07, 6.45) is 0.0230. The van der Waals surface area contributed by atoms with Gasteiger partial charge < -0.3 is 15.7 Å². The van der Waals surface area contributed by atoms with Crippen molar-refractivity contribution in [1.29, 1.82) is 5.26 Å². The van der Waals surface area contributed by atoms with Crippen molar-refractivity contribution in [2.45, 2.75) is 25.1 Å². The predicted molar refractivity (Wildman–Crippen MR) is 65.4 cm³/mol. The molecular formula is C13H15N3O2. The first-order chi connectivity index (χ1) is 8.69. The number of nitrogens with zero attached hydrogens (tertiary/aromatic N) is 1. The summed E-state index contributed by atoms with van der Waals surface area (Å²) < 4.78 is 0. The molecule has 1 heterocycles. The van der Waals surface area contributed by atoms with Gasteiger partial charge in [-0.15, -0.1) is 0 Å². The van der Waals surface area contributed by atoms with Crippen molar-refractivity contribution in [3.63, 3.8) is 0 Å². The number of carbonyl (C=O) groups is 1. The first kappa shape index (κ1) is 12.6. The van der Waals surface area contributed by atoms with E-state index in [-0.39, 0.29) is 11.9 Å². The van der Waals surface area contributed by atoms with E-state index < -0.39 is 6.10 Å². The highest BCUT2D eigenvalue weighted by Gasteiger charge is 2.27. The lowest BCUT2D eigenvalue weighted by Gasteiger charge is -2.10. The van der Waals surface area contributed by atoms with Crippen LogP contribution in [-0.4, -0.2) is 29.7 Å². The molecule has 1 aromatic carbocycles. The van der Waals surface area contributed by atoms with E-state index in [4.69, 9.17) is 5.26 Å². The number of aliphatic hydroxyl groups is 1. The summed E-state index contributed by atoms with van der Waals surface area (Å²) in [5.41, 5.74) is 1.55. The van der Waals surface area contributed by atoms with Crippen molar-refractivity contribution in [2.75, 3.05) is 6.54 Å². The van der Waals surface area contributed by atoms with Crippen LogP contribution in [0.5, 0.6) is 0 Å². The maximum Gasteiger partial charge on any atom is 0.237 e. The van der Waals surface area contributed by atoms with E-state index in [2.05, 4.69) is 10.6 Å². The maximum absolute atomic E-state index is 11.8. The Morgan fingerprint density at radius 3 is 2.78 bits per heavy atom. The van der Waals surface area contributed by atoms with Gasteiger partial charge in [0.2, 0.25) is 5.91 Å². The molecule has 1 aromatic rings. The SMILES string of the molecule is N#Cc1ccc(CNC(=O)[C@@H]2C[C@@H](O)CN2)cc1. The van der Waals surface area contributed by atoms with Gasteiger partial charge in [0.25, 0.3) is 0 Å². The summed E-state index contributed by atoms with van der Waals surface area (Å²) in [5.74, 6) is -0.101. The summed E-state index contributed by atoms with van der Waals surface area (Å²) in [6.45, 7) is 0.897. The summed E-state index contributed by atoms with van der Waals surface area (Å²) >= 11 is 0. The molecule has 1 saturated heterocycles. The fourth-order valence-electron chi connectivity index (χ4n) is 1.93. The van der Waals surface area contributed by atoms with Crippen molar-refractivity contribution in [2.24, 2.45) is 0 Å². The molecule has 0 aromatic heterocycles. The monoisotopic (exact) mass is 245 g/mol. The van der Waals surface area contributed by atoms with Crippen molar-refractivity contribution < 1.29 is 9.90 Å². The van der Waals surface area contributed by atoms with Gasteiger partial charge in [0, 0.05) is 13.1 Å². The van der Waals surface area contributed by atoms with Crippen LogP contribution >= 0.6 is 0 Å². The highest BCUT2D eigenvalue weighted by molar-refractivity contribution is 5.82. The second kappa shape index (κ2) is 5.63. The van der Waals surface area contributed by atoms with Crippen LogP contribution in [0.3, 0.4) is 0 Å². The number of β-amino-alcohol motifs (C(OH)–C–C–N with tert-alkyl or cyclic N) is 1. The number of benzene rings is 1. The number of nitrogens with one attached hydrogen (secondary N) is 2. The highest BCUT2D eigenvalue weighted by Crippen LogP contribution is 2.07. The van der Waals surface area contributed by atoms with Gasteiger partial charge in [-0.1, -0.05) is 12.1 Å². The van der Waals surface area contributed by atoms with E-state index in [1.165, 1.54) is 0 Å². The van der Waals surface area contributed by atoms with E-state index in [0.29, 0.717) is 25.1 Å². The van der Waals surface area contributed by atoms with Crippen molar-refractivity contribution in [3.8, 4) is 6.07 Å². The number of carbonyl (C=O) groups excluding carboxylic acids is 1. The minimum atomic E-state index is -0.435. The fourth-order valence-corrected chi connectivity index (χ4v) is 1.93. The van der Waals surface area contributed by atoms with Crippen LogP contribution < -0.4 is 10.6 Å². The van der Waals surface area contributed by atoms with Crippen molar-refractivity contribution in [1.82, 2.24) is 10.6 Å². The number of hydrogen-bond donors (Lipinski definition) is 3. The van der Waals surface area contributed by atoms with E-state index in [0.717, 1.165) is 5.56 Å². The van der Waals surface area contributed by atoms with E-state index >= 15 is 0 Å². The summed E-state index contributed by atoms with van der Waals surface area (Å²) in [7, 11) is 0. The molecule has 1 aliphatic rings. The molecule has 5 nitrogen and oxygen atoms in total. The highest BCUT2D eigenvalue weighted by atomic mass is 16.3. The number of aliphatic hydroxyl groups excluding tert-OH is 1. The van der Waals surface area contributed by atoms with Gasteiger partial charge in [0.15, 0.2) is 0 Å². The van der Waals surface area contributed by atoms with Gasteiger partial charge in [-0.05, 0) is 24.1 Å². The molecule has 0 aliphatic carbocycles. The van der Waals surface area contributed by atoms with E-state index in [1.807, 2.05) is 18.2 Å². The lowest BCUT2D eigenvalue weighted by atomic mass is 10.1. The van der Waals surface area contributed by atoms with Crippen LogP contribution in [0.25, 0.3) is 0 Å². The van der Waals surface area contributed by atoms with Crippen LogP contribution in [0.4, 0.5) is 0 Å². The Labute approximate surface area is 105 Å². The summed E-state index contributed by atoms with van der Waals surface area (Å²) in [6, 6.07) is 8.81. The Hall–Kier alpha value is -1.90. The average Bonchev–Trinajstić information content (AvgIpc) is 2.83. The van der Waals surface area contributed by atoms with Gasteiger partial charge in [-0.25, -0.2) is 0 Å². The zero-order valence-electron chi connectivity index (χ0n) is 9.89. The minimum absolute atomic E-state index is 0.101. The Morgan fingerprint density at radius 2 is 2.22 bits per heavy atom. The quantitative estimate of drug-likeness (QED) is 0.694. The first-order valence-electron chi connectivity index (χ1n) is 5.87. The second-order valence-corrected chi connectivity index (χ2v) is 4.38. The molecule has 2 rings (SSSR count). The molecule has 1 fully saturated rings. The number of rotatable bonds is 3.